The molecule has 9 atom stereocenters. The van der Waals surface area contributed by atoms with E-state index in [4.69, 9.17) is 9.47 Å². The fourth-order valence-corrected chi connectivity index (χ4v) is 7.96. The van der Waals surface area contributed by atoms with Crippen molar-refractivity contribution < 1.29 is 63.4 Å². The third-order valence-corrected chi connectivity index (χ3v) is 10.4. The number of fused-ring (bicyclic) bond motifs is 5. The molecule has 4 aliphatic carbocycles. The van der Waals surface area contributed by atoms with Crippen LogP contribution < -0.4 is 5.32 Å². The average Bonchev–Trinajstić information content (AvgIpc) is 3.17. The standard InChI is InChI=1S/C29H39FN2O13/c1-26-8-7-17(33)10-16(26)5-6-18-19-11-21(34)29(40,27(19,2)12-22(35)28(18,26)30)23(36)14-43-15-31-20(25(38)39)13-44-24(37)4-3-9-45-32(41)42/h7-8,10,18-22,31,34-35,40H,3-6,9,11-15H2,1-2H3,(H,38,39)/t18-,19-,20?,21+,22-,26-,27-,28-,29-/m0/s1. The predicted octanol–water partition coefficient (Wildman–Crippen LogP) is 0.177. The van der Waals surface area contributed by atoms with Crippen LogP contribution in [0.1, 0.15) is 52.4 Å². The Morgan fingerprint density at radius 2 is 1.93 bits per heavy atom. The van der Waals surface area contributed by atoms with Gasteiger partial charge in [-0.1, -0.05) is 18.6 Å². The van der Waals surface area contributed by atoms with Crippen molar-refractivity contribution in [3.05, 3.63) is 33.9 Å². The number of carboxylic acid groups (broad SMARTS) is 1. The van der Waals surface area contributed by atoms with Crippen LogP contribution in [0.3, 0.4) is 0 Å². The Bertz CT molecular complexity index is 1290. The first-order valence-electron chi connectivity index (χ1n) is 14.7. The van der Waals surface area contributed by atoms with Crippen LogP contribution >= 0.6 is 0 Å². The largest absolute Gasteiger partial charge is 0.480 e. The van der Waals surface area contributed by atoms with Gasteiger partial charge in [-0.2, -0.15) is 0 Å². The average molecular weight is 643 g/mol. The predicted molar refractivity (Wildman–Crippen MR) is 148 cm³/mol. The number of aliphatic hydroxyl groups excluding tert-OH is 2. The summed E-state index contributed by atoms with van der Waals surface area (Å²) in [7, 11) is 0. The molecule has 0 bridgehead atoms. The highest BCUT2D eigenvalue weighted by Gasteiger charge is 2.76. The molecule has 250 valence electrons. The Morgan fingerprint density at radius 3 is 2.60 bits per heavy atom. The fraction of sp³-hybridized carbons (Fsp3) is 0.724. The summed E-state index contributed by atoms with van der Waals surface area (Å²) in [6, 6.07) is -1.44. The van der Waals surface area contributed by atoms with Crippen molar-refractivity contribution in [2.75, 3.05) is 26.6 Å². The van der Waals surface area contributed by atoms with E-state index >= 15 is 4.39 Å². The van der Waals surface area contributed by atoms with E-state index in [9.17, 15) is 49.7 Å². The summed E-state index contributed by atoms with van der Waals surface area (Å²) in [4.78, 5) is 63.0. The minimum atomic E-state index is -2.41. The van der Waals surface area contributed by atoms with E-state index in [0.717, 1.165) is 0 Å². The van der Waals surface area contributed by atoms with Gasteiger partial charge in [0.1, 0.15) is 19.3 Å². The number of aliphatic carboxylic acids is 1. The molecule has 0 amide bonds. The number of carbonyl (C=O) groups is 4. The number of halogens is 1. The number of hydrogen-bond donors (Lipinski definition) is 5. The number of aliphatic hydroxyl groups is 3. The van der Waals surface area contributed by atoms with Gasteiger partial charge in [-0.3, -0.25) is 24.5 Å². The van der Waals surface area contributed by atoms with Gasteiger partial charge in [0, 0.05) is 23.2 Å². The molecule has 0 spiro atoms. The highest BCUT2D eigenvalue weighted by atomic mass is 19.1. The minimum absolute atomic E-state index is 0.0235. The second kappa shape index (κ2) is 12.8. The number of ketones is 2. The summed E-state index contributed by atoms with van der Waals surface area (Å²) in [6.07, 6.45) is 0.790. The maximum Gasteiger partial charge on any atom is 0.324 e. The molecule has 15 nitrogen and oxygen atoms in total. The second-order valence-electron chi connectivity index (χ2n) is 12.6. The summed E-state index contributed by atoms with van der Waals surface area (Å²) >= 11 is 0. The Balaban J connectivity index is 1.37. The lowest BCUT2D eigenvalue weighted by Crippen LogP contribution is -2.69. The van der Waals surface area contributed by atoms with Gasteiger partial charge in [0.15, 0.2) is 22.8 Å². The first kappa shape index (κ1) is 34.6. The zero-order chi connectivity index (χ0) is 33.4. The maximum absolute atomic E-state index is 17.2. The molecule has 45 heavy (non-hydrogen) atoms. The monoisotopic (exact) mass is 642 g/mol. The SMILES string of the molecule is C[C@]12C=CC(=O)C=C1CC[C@H]1[C@@H]3C[C@@H](O)[C@](O)(C(=O)COCNC(COC(=O)CCCO[N+](=O)[O-])C(=O)O)[C@@]3(C)C[C@H](O)[C@@]12F. The molecular weight excluding hydrogens is 603 g/mol. The lowest BCUT2D eigenvalue weighted by molar-refractivity contribution is -0.757. The number of ether oxygens (including phenoxy) is 2. The number of allylic oxidation sites excluding steroid dienone is 4. The van der Waals surface area contributed by atoms with Crippen molar-refractivity contribution >= 4 is 23.5 Å². The lowest BCUT2D eigenvalue weighted by atomic mass is 9.44. The maximum atomic E-state index is 17.2. The Morgan fingerprint density at radius 1 is 1.22 bits per heavy atom. The van der Waals surface area contributed by atoms with Crippen molar-refractivity contribution in [1.82, 2.24) is 5.32 Å². The van der Waals surface area contributed by atoms with Crippen LogP contribution in [0.4, 0.5) is 4.39 Å². The summed E-state index contributed by atoms with van der Waals surface area (Å²) in [5, 5.41) is 55.1. The molecule has 0 aromatic heterocycles. The molecule has 0 heterocycles. The molecule has 16 heteroatoms. The molecule has 3 fully saturated rings. The van der Waals surface area contributed by atoms with Gasteiger partial charge < -0.3 is 34.7 Å². The van der Waals surface area contributed by atoms with E-state index in [0.29, 0.717) is 12.0 Å². The quantitative estimate of drug-likeness (QED) is 0.0559. The van der Waals surface area contributed by atoms with Crippen molar-refractivity contribution in [2.45, 2.75) is 81.9 Å². The van der Waals surface area contributed by atoms with Gasteiger partial charge in [-0.25, -0.2) is 4.39 Å². The normalized spacial score (nSPS) is 37.5. The zero-order valence-corrected chi connectivity index (χ0v) is 25.0. The number of hydrogen-bond acceptors (Lipinski definition) is 13. The minimum Gasteiger partial charge on any atom is -0.480 e. The van der Waals surface area contributed by atoms with Crippen molar-refractivity contribution in [3.8, 4) is 0 Å². The van der Waals surface area contributed by atoms with Crippen LogP contribution in [0.5, 0.6) is 0 Å². The number of carbonyl (C=O) groups excluding carboxylic acids is 3. The molecule has 4 aliphatic rings. The first-order valence-corrected chi connectivity index (χ1v) is 14.7. The van der Waals surface area contributed by atoms with Crippen molar-refractivity contribution in [3.63, 3.8) is 0 Å². The molecule has 0 saturated heterocycles. The number of Topliss-reactive ketones (excluding diaryl/α,β-unsaturated/α-hetero) is 1. The first-order chi connectivity index (χ1) is 21.0. The van der Waals surface area contributed by atoms with Gasteiger partial charge in [0.05, 0.1) is 25.5 Å². The number of carboxylic acids is 1. The highest BCUT2D eigenvalue weighted by Crippen LogP contribution is 2.69. The number of nitrogens with zero attached hydrogens (tertiary/aromatic N) is 1. The smallest absolute Gasteiger partial charge is 0.324 e. The van der Waals surface area contributed by atoms with Crippen molar-refractivity contribution in [1.29, 1.82) is 0 Å². The van der Waals surface area contributed by atoms with Gasteiger partial charge >= 0.3 is 11.9 Å². The fourth-order valence-electron chi connectivity index (χ4n) is 7.96. The molecule has 4 rings (SSSR count). The third kappa shape index (κ3) is 5.89. The van der Waals surface area contributed by atoms with Gasteiger partial charge in [0.2, 0.25) is 0 Å². The van der Waals surface area contributed by atoms with Gasteiger partial charge in [-0.15, -0.1) is 10.1 Å². The van der Waals surface area contributed by atoms with Crippen LogP contribution in [0, 0.1) is 32.8 Å². The summed E-state index contributed by atoms with van der Waals surface area (Å²) in [6.45, 7) is 0.926. The molecule has 0 radical (unpaired) electrons. The van der Waals surface area contributed by atoms with E-state index in [-0.39, 0.29) is 44.5 Å². The van der Waals surface area contributed by atoms with Crippen LogP contribution in [-0.2, 0) is 33.5 Å². The Hall–Kier alpha value is -3.31. The van der Waals surface area contributed by atoms with Gasteiger partial charge in [0.25, 0.3) is 5.09 Å². The van der Waals surface area contributed by atoms with E-state index in [1.165, 1.54) is 18.2 Å². The highest BCUT2D eigenvalue weighted by molar-refractivity contribution is 6.01. The second-order valence-corrected chi connectivity index (χ2v) is 12.6. The van der Waals surface area contributed by atoms with Crippen molar-refractivity contribution in [2.24, 2.45) is 22.7 Å². The Labute approximate surface area is 257 Å². The van der Waals surface area contributed by atoms with Crippen LogP contribution in [0.2, 0.25) is 0 Å². The third-order valence-electron chi connectivity index (χ3n) is 10.4. The molecule has 0 aliphatic heterocycles. The molecule has 3 saturated carbocycles. The summed E-state index contributed by atoms with van der Waals surface area (Å²) in [5.41, 5.74) is -6.77. The number of esters is 1. The molecule has 5 N–H and O–H groups in total. The molecule has 0 aromatic rings. The van der Waals surface area contributed by atoms with E-state index < -0.39 is 94.9 Å². The Kier molecular flexibility index (Phi) is 9.85. The number of rotatable bonds is 14. The topological polar surface area (TPSA) is 232 Å². The summed E-state index contributed by atoms with van der Waals surface area (Å²) < 4.78 is 27.4. The van der Waals surface area contributed by atoms with Crippen LogP contribution in [0.25, 0.3) is 0 Å². The lowest BCUT2D eigenvalue weighted by Gasteiger charge is -2.62. The number of nitrogens with one attached hydrogen (secondary N) is 1. The number of alkyl halides is 1. The molecular formula is C29H39FN2O13. The zero-order valence-electron chi connectivity index (χ0n) is 25.0. The van der Waals surface area contributed by atoms with E-state index in [2.05, 4.69) is 10.2 Å². The summed E-state index contributed by atoms with van der Waals surface area (Å²) in [5.74, 6) is -4.96. The van der Waals surface area contributed by atoms with Crippen LogP contribution in [0.15, 0.2) is 23.8 Å². The van der Waals surface area contributed by atoms with Crippen LogP contribution in [-0.4, -0.2) is 105 Å². The van der Waals surface area contributed by atoms with E-state index in [1.807, 2.05) is 0 Å². The van der Waals surface area contributed by atoms with Gasteiger partial charge in [-0.05, 0) is 57.1 Å². The molecule has 1 unspecified atom stereocenters. The van der Waals surface area contributed by atoms with E-state index in [1.54, 1.807) is 13.8 Å². The molecule has 0 aromatic carbocycles.